The van der Waals surface area contributed by atoms with Gasteiger partial charge in [-0.1, -0.05) is 12.1 Å². The molecule has 7 heteroatoms. The quantitative estimate of drug-likeness (QED) is 0.822. The number of amides is 2. The van der Waals surface area contributed by atoms with Crippen molar-refractivity contribution in [3.63, 3.8) is 0 Å². The maximum atomic E-state index is 12.6. The van der Waals surface area contributed by atoms with Gasteiger partial charge in [0.15, 0.2) is 0 Å². The molecule has 2 aliphatic heterocycles. The smallest absolute Gasteiger partial charge is 0.269 e. The summed E-state index contributed by atoms with van der Waals surface area (Å²) in [5.74, 6) is -0.930. The number of carbonyl (C=O) groups is 2. The molecule has 2 aliphatic rings. The fraction of sp³-hybridized carbons (Fsp3) is 0.500. The number of likely N-dealkylation sites (tertiary alicyclic amines) is 1. The van der Waals surface area contributed by atoms with Crippen molar-refractivity contribution in [1.82, 2.24) is 9.21 Å². The van der Waals surface area contributed by atoms with E-state index in [0.717, 1.165) is 19.3 Å². The van der Waals surface area contributed by atoms with Gasteiger partial charge in [-0.25, -0.2) is 12.7 Å². The standard InChI is InChI=1S/C16H20N2O4S/c1-11-6-5-7-12(2)18(11)15(19)10-17-16(20)13-8-3-4-9-14(13)23(17,21)22/h3-4,8-9,11-12H,5-7,10H2,1-2H3/t11-,12+. The lowest BCUT2D eigenvalue weighted by Crippen LogP contribution is -2.51. The van der Waals surface area contributed by atoms with Gasteiger partial charge in [0.05, 0.1) is 5.56 Å². The third-order valence-electron chi connectivity index (χ3n) is 4.67. The molecule has 1 fully saturated rings. The van der Waals surface area contributed by atoms with Crippen LogP contribution in [0.2, 0.25) is 0 Å². The molecule has 0 spiro atoms. The molecule has 124 valence electrons. The molecule has 0 bridgehead atoms. The van der Waals surface area contributed by atoms with E-state index in [9.17, 15) is 18.0 Å². The number of hydrogen-bond acceptors (Lipinski definition) is 4. The van der Waals surface area contributed by atoms with Crippen LogP contribution in [0.4, 0.5) is 0 Å². The predicted molar refractivity (Wildman–Crippen MR) is 84.3 cm³/mol. The average molecular weight is 336 g/mol. The number of hydrogen-bond donors (Lipinski definition) is 0. The lowest BCUT2D eigenvalue weighted by Gasteiger charge is -2.39. The molecule has 1 aromatic carbocycles. The summed E-state index contributed by atoms with van der Waals surface area (Å²) in [6.45, 7) is 3.50. The van der Waals surface area contributed by atoms with Crippen molar-refractivity contribution < 1.29 is 18.0 Å². The van der Waals surface area contributed by atoms with Gasteiger partial charge in [-0.2, -0.15) is 0 Å². The Labute approximate surface area is 136 Å². The van der Waals surface area contributed by atoms with E-state index in [2.05, 4.69) is 0 Å². The van der Waals surface area contributed by atoms with Crippen LogP contribution in [0.1, 0.15) is 43.5 Å². The van der Waals surface area contributed by atoms with E-state index < -0.39 is 22.5 Å². The molecular weight excluding hydrogens is 316 g/mol. The van der Waals surface area contributed by atoms with Crippen LogP contribution in [0.3, 0.4) is 0 Å². The van der Waals surface area contributed by atoms with E-state index in [1.165, 1.54) is 12.1 Å². The Balaban J connectivity index is 1.86. The Kier molecular flexibility index (Phi) is 3.91. The van der Waals surface area contributed by atoms with Gasteiger partial charge in [-0.05, 0) is 45.2 Å². The highest BCUT2D eigenvalue weighted by atomic mass is 32.2. The third kappa shape index (κ3) is 2.52. The van der Waals surface area contributed by atoms with E-state index in [-0.39, 0.29) is 28.4 Å². The molecule has 23 heavy (non-hydrogen) atoms. The monoisotopic (exact) mass is 336 g/mol. The number of carbonyl (C=O) groups excluding carboxylic acids is 2. The zero-order valence-corrected chi connectivity index (χ0v) is 14.0. The van der Waals surface area contributed by atoms with E-state index in [0.29, 0.717) is 4.31 Å². The molecule has 0 radical (unpaired) electrons. The minimum atomic E-state index is -3.93. The number of nitrogens with zero attached hydrogens (tertiary/aromatic N) is 2. The van der Waals surface area contributed by atoms with Gasteiger partial charge in [0.2, 0.25) is 5.91 Å². The van der Waals surface area contributed by atoms with E-state index in [1.807, 2.05) is 13.8 Å². The van der Waals surface area contributed by atoms with Crippen LogP contribution in [0.5, 0.6) is 0 Å². The van der Waals surface area contributed by atoms with Gasteiger partial charge < -0.3 is 4.90 Å². The number of benzene rings is 1. The highest BCUT2D eigenvalue weighted by molar-refractivity contribution is 7.90. The Morgan fingerprint density at radius 3 is 2.39 bits per heavy atom. The number of fused-ring (bicyclic) bond motifs is 1. The van der Waals surface area contributed by atoms with E-state index in [1.54, 1.807) is 17.0 Å². The molecule has 2 heterocycles. The molecule has 2 atom stereocenters. The zero-order valence-electron chi connectivity index (χ0n) is 13.2. The Hall–Kier alpha value is -1.89. The van der Waals surface area contributed by atoms with Crippen LogP contribution >= 0.6 is 0 Å². The molecule has 3 rings (SSSR count). The first-order valence-electron chi connectivity index (χ1n) is 7.81. The SMILES string of the molecule is C[C@@H]1CCC[C@H](C)N1C(=O)CN1C(=O)c2ccccc2S1(=O)=O. The first-order chi connectivity index (χ1) is 10.8. The fourth-order valence-electron chi connectivity index (χ4n) is 3.50. The summed E-state index contributed by atoms with van der Waals surface area (Å²) in [7, 11) is -3.93. The molecule has 2 amide bonds. The summed E-state index contributed by atoms with van der Waals surface area (Å²) >= 11 is 0. The summed E-state index contributed by atoms with van der Waals surface area (Å²) < 4.78 is 25.7. The molecule has 0 unspecified atom stereocenters. The Morgan fingerprint density at radius 2 is 1.78 bits per heavy atom. The van der Waals surface area contributed by atoms with Gasteiger partial charge in [-0.3, -0.25) is 9.59 Å². The molecule has 0 N–H and O–H groups in total. The zero-order chi connectivity index (χ0) is 16.8. The van der Waals surface area contributed by atoms with Gasteiger partial charge in [0, 0.05) is 12.1 Å². The van der Waals surface area contributed by atoms with Crippen molar-refractivity contribution in [2.75, 3.05) is 6.54 Å². The maximum Gasteiger partial charge on any atom is 0.269 e. The fourth-order valence-corrected chi connectivity index (χ4v) is 5.02. The van der Waals surface area contributed by atoms with E-state index >= 15 is 0 Å². The van der Waals surface area contributed by atoms with Crippen molar-refractivity contribution in [3.8, 4) is 0 Å². The maximum absolute atomic E-state index is 12.6. The van der Waals surface area contributed by atoms with E-state index in [4.69, 9.17) is 0 Å². The second-order valence-electron chi connectivity index (χ2n) is 6.24. The predicted octanol–water partition coefficient (Wildman–Crippen LogP) is 1.62. The summed E-state index contributed by atoms with van der Waals surface area (Å²) in [5.41, 5.74) is 0.139. The van der Waals surface area contributed by atoms with Crippen LogP contribution in [-0.4, -0.2) is 48.1 Å². The van der Waals surface area contributed by atoms with Gasteiger partial charge in [0.1, 0.15) is 11.4 Å². The van der Waals surface area contributed by atoms with Crippen LogP contribution in [0.25, 0.3) is 0 Å². The molecule has 0 aliphatic carbocycles. The molecule has 0 saturated carbocycles. The van der Waals surface area contributed by atoms with Crippen LogP contribution < -0.4 is 0 Å². The topological polar surface area (TPSA) is 74.8 Å². The molecular formula is C16H20N2O4S. The Bertz CT molecular complexity index is 749. The third-order valence-corrected chi connectivity index (χ3v) is 6.46. The van der Waals surface area contributed by atoms with Crippen LogP contribution in [0, 0.1) is 0 Å². The summed E-state index contributed by atoms with van der Waals surface area (Å²) in [6.07, 6.45) is 2.85. The summed E-state index contributed by atoms with van der Waals surface area (Å²) in [6, 6.07) is 6.20. The molecule has 0 aromatic heterocycles. The van der Waals surface area contributed by atoms with Gasteiger partial charge in [0.25, 0.3) is 15.9 Å². The highest BCUT2D eigenvalue weighted by Gasteiger charge is 2.43. The summed E-state index contributed by atoms with van der Waals surface area (Å²) in [5, 5.41) is 0. The number of piperidine rings is 1. The Morgan fingerprint density at radius 1 is 1.17 bits per heavy atom. The lowest BCUT2D eigenvalue weighted by atomic mass is 9.97. The van der Waals surface area contributed by atoms with Crippen LogP contribution in [0.15, 0.2) is 29.2 Å². The number of sulfonamides is 1. The minimum absolute atomic E-state index is 0.0162. The van der Waals surface area contributed by atoms with Gasteiger partial charge >= 0.3 is 0 Å². The van der Waals surface area contributed by atoms with Crippen LogP contribution in [-0.2, 0) is 14.8 Å². The van der Waals surface area contributed by atoms with Crippen molar-refractivity contribution in [2.24, 2.45) is 0 Å². The van der Waals surface area contributed by atoms with Crippen molar-refractivity contribution in [1.29, 1.82) is 0 Å². The average Bonchev–Trinajstić information content (AvgIpc) is 2.69. The minimum Gasteiger partial charge on any atom is -0.336 e. The largest absolute Gasteiger partial charge is 0.336 e. The number of rotatable bonds is 2. The molecule has 6 nitrogen and oxygen atoms in total. The normalized spacial score (nSPS) is 26.3. The first kappa shape index (κ1) is 16.0. The molecule has 1 aromatic rings. The second kappa shape index (κ2) is 5.63. The van der Waals surface area contributed by atoms with Crippen molar-refractivity contribution in [3.05, 3.63) is 29.8 Å². The van der Waals surface area contributed by atoms with Crippen molar-refractivity contribution in [2.45, 2.75) is 50.1 Å². The summed E-state index contributed by atoms with van der Waals surface area (Å²) in [4.78, 5) is 26.7. The lowest BCUT2D eigenvalue weighted by molar-refractivity contribution is -0.137. The van der Waals surface area contributed by atoms with Gasteiger partial charge in [-0.15, -0.1) is 0 Å². The molecule has 1 saturated heterocycles. The highest BCUT2D eigenvalue weighted by Crippen LogP contribution is 2.30. The van der Waals surface area contributed by atoms with Crippen molar-refractivity contribution >= 4 is 21.8 Å². The second-order valence-corrected chi connectivity index (χ2v) is 8.07. The first-order valence-corrected chi connectivity index (χ1v) is 9.25.